The molecule has 0 fully saturated rings. The van der Waals surface area contributed by atoms with E-state index in [-0.39, 0.29) is 17.3 Å². The molecule has 0 aliphatic heterocycles. The molecule has 0 amide bonds. The van der Waals surface area contributed by atoms with Gasteiger partial charge in [0, 0.05) is 24.9 Å². The summed E-state index contributed by atoms with van der Waals surface area (Å²) in [7, 11) is -3.73. The van der Waals surface area contributed by atoms with Crippen LogP contribution < -0.4 is 10.5 Å². The molecule has 0 atom stereocenters. The van der Waals surface area contributed by atoms with E-state index in [9.17, 15) is 8.42 Å². The van der Waals surface area contributed by atoms with E-state index in [4.69, 9.17) is 10.8 Å². The van der Waals surface area contributed by atoms with Crippen LogP contribution in [0.3, 0.4) is 0 Å². The van der Waals surface area contributed by atoms with E-state index >= 15 is 0 Å². The normalized spacial score (nSPS) is 12.9. The van der Waals surface area contributed by atoms with Crippen LogP contribution in [0.15, 0.2) is 11.1 Å². The average molecular weight is 276 g/mol. The highest BCUT2D eigenvalue weighted by Crippen LogP contribution is 2.19. The fourth-order valence-electron chi connectivity index (χ4n) is 1.54. The van der Waals surface area contributed by atoms with Crippen molar-refractivity contribution in [3.05, 3.63) is 6.20 Å². The summed E-state index contributed by atoms with van der Waals surface area (Å²) in [5.41, 5.74) is 4.85. The third-order valence-corrected chi connectivity index (χ3v) is 4.23. The van der Waals surface area contributed by atoms with Crippen molar-refractivity contribution in [3.8, 4) is 0 Å². The summed E-state index contributed by atoms with van der Waals surface area (Å²) >= 11 is 0. The van der Waals surface area contributed by atoms with Crippen molar-refractivity contribution in [2.75, 3.05) is 12.3 Å². The molecule has 0 saturated carbocycles. The summed E-state index contributed by atoms with van der Waals surface area (Å²) in [5, 5.41) is 12.8. The SMILES string of the molecule is CCn1cc(S(=O)(=O)NC(C)(C)CCO)c(N)n1. The number of hydrogen-bond acceptors (Lipinski definition) is 5. The number of sulfonamides is 1. The lowest BCUT2D eigenvalue weighted by Gasteiger charge is -2.24. The van der Waals surface area contributed by atoms with Crippen molar-refractivity contribution >= 4 is 15.8 Å². The summed E-state index contributed by atoms with van der Waals surface area (Å²) in [5.74, 6) is -0.0239. The molecule has 8 heteroatoms. The zero-order chi connectivity index (χ0) is 14.0. The molecule has 0 aliphatic rings. The smallest absolute Gasteiger partial charge is 0.246 e. The van der Waals surface area contributed by atoms with E-state index in [2.05, 4.69) is 9.82 Å². The van der Waals surface area contributed by atoms with Gasteiger partial charge in [-0.3, -0.25) is 4.68 Å². The molecule has 0 unspecified atom stereocenters. The van der Waals surface area contributed by atoms with Crippen LogP contribution in [-0.4, -0.2) is 35.5 Å². The van der Waals surface area contributed by atoms with Crippen LogP contribution in [0.25, 0.3) is 0 Å². The Labute approximate surface area is 107 Å². The molecule has 4 N–H and O–H groups in total. The van der Waals surface area contributed by atoms with E-state index in [1.54, 1.807) is 13.8 Å². The molecule has 0 spiro atoms. The number of aromatic nitrogens is 2. The Morgan fingerprint density at radius 2 is 2.17 bits per heavy atom. The molecule has 0 saturated heterocycles. The van der Waals surface area contributed by atoms with Crippen LogP contribution in [0.2, 0.25) is 0 Å². The molecule has 0 aliphatic carbocycles. The van der Waals surface area contributed by atoms with Gasteiger partial charge in [0.15, 0.2) is 5.82 Å². The maximum absolute atomic E-state index is 12.1. The molecule has 0 aromatic carbocycles. The Bertz CT molecular complexity index is 507. The molecule has 0 radical (unpaired) electrons. The number of nitrogens with two attached hydrogens (primary N) is 1. The molecule has 7 nitrogen and oxygen atoms in total. The van der Waals surface area contributed by atoms with Gasteiger partial charge in [-0.1, -0.05) is 0 Å². The Morgan fingerprint density at radius 1 is 1.56 bits per heavy atom. The van der Waals surface area contributed by atoms with Gasteiger partial charge < -0.3 is 10.8 Å². The number of anilines is 1. The molecule has 0 bridgehead atoms. The molecular formula is C10H20N4O3S. The second-order valence-electron chi connectivity index (χ2n) is 4.70. The predicted octanol–water partition coefficient (Wildman–Crippen LogP) is -0.0755. The Balaban J connectivity index is 3.03. The van der Waals surface area contributed by atoms with Crippen LogP contribution in [0.1, 0.15) is 27.2 Å². The van der Waals surface area contributed by atoms with Gasteiger partial charge in [0.2, 0.25) is 10.0 Å². The highest BCUT2D eigenvalue weighted by molar-refractivity contribution is 7.89. The van der Waals surface area contributed by atoms with Gasteiger partial charge in [0.25, 0.3) is 0 Å². The van der Waals surface area contributed by atoms with E-state index in [1.807, 2.05) is 6.92 Å². The summed E-state index contributed by atoms with van der Waals surface area (Å²) in [6, 6.07) is 0. The predicted molar refractivity (Wildman–Crippen MR) is 68.4 cm³/mol. The van der Waals surface area contributed by atoms with Gasteiger partial charge in [0.05, 0.1) is 0 Å². The lowest BCUT2D eigenvalue weighted by molar-refractivity contribution is 0.246. The van der Waals surface area contributed by atoms with Crippen LogP contribution in [0, 0.1) is 0 Å². The Morgan fingerprint density at radius 3 is 2.61 bits per heavy atom. The maximum Gasteiger partial charge on any atom is 0.246 e. The van der Waals surface area contributed by atoms with Crippen molar-refractivity contribution in [1.29, 1.82) is 0 Å². The summed E-state index contributed by atoms with van der Waals surface area (Å²) in [6.07, 6.45) is 1.71. The lowest BCUT2D eigenvalue weighted by atomic mass is 10.0. The minimum absolute atomic E-state index is 0.0239. The molecule has 104 valence electrons. The molecule has 1 heterocycles. The third kappa shape index (κ3) is 3.44. The highest BCUT2D eigenvalue weighted by Gasteiger charge is 2.28. The molecule has 1 aromatic heterocycles. The monoisotopic (exact) mass is 276 g/mol. The molecule has 18 heavy (non-hydrogen) atoms. The number of aliphatic hydroxyl groups excluding tert-OH is 1. The lowest BCUT2D eigenvalue weighted by Crippen LogP contribution is -2.44. The minimum Gasteiger partial charge on any atom is -0.396 e. The standard InChI is InChI=1S/C10H20N4O3S/c1-4-14-7-8(9(11)12-14)18(16,17)13-10(2,3)5-6-15/h7,13,15H,4-6H2,1-3H3,(H2,11,12). The number of nitrogens with zero attached hydrogens (tertiary/aromatic N) is 2. The number of nitrogen functional groups attached to an aromatic ring is 1. The summed E-state index contributed by atoms with van der Waals surface area (Å²) in [6.45, 7) is 5.67. The van der Waals surface area contributed by atoms with Crippen molar-refractivity contribution in [2.24, 2.45) is 0 Å². The van der Waals surface area contributed by atoms with E-state index in [0.29, 0.717) is 13.0 Å². The second kappa shape index (κ2) is 5.25. The van der Waals surface area contributed by atoms with Crippen molar-refractivity contribution in [3.63, 3.8) is 0 Å². The number of nitrogens with one attached hydrogen (secondary N) is 1. The van der Waals surface area contributed by atoms with Crippen molar-refractivity contribution in [1.82, 2.24) is 14.5 Å². The highest BCUT2D eigenvalue weighted by atomic mass is 32.2. The molecular weight excluding hydrogens is 256 g/mol. The fraction of sp³-hybridized carbons (Fsp3) is 0.700. The topological polar surface area (TPSA) is 110 Å². The van der Waals surface area contributed by atoms with Crippen LogP contribution >= 0.6 is 0 Å². The van der Waals surface area contributed by atoms with Gasteiger partial charge in [-0.05, 0) is 27.2 Å². The van der Waals surface area contributed by atoms with Gasteiger partial charge in [-0.2, -0.15) is 5.10 Å². The zero-order valence-corrected chi connectivity index (χ0v) is 11.7. The number of aryl methyl sites for hydroxylation is 1. The number of rotatable bonds is 6. The zero-order valence-electron chi connectivity index (χ0n) is 10.8. The van der Waals surface area contributed by atoms with Crippen LogP contribution in [-0.2, 0) is 16.6 Å². The van der Waals surface area contributed by atoms with Crippen molar-refractivity contribution < 1.29 is 13.5 Å². The summed E-state index contributed by atoms with van der Waals surface area (Å²) in [4.78, 5) is -0.0321. The molecule has 1 aromatic rings. The first-order valence-corrected chi connectivity index (χ1v) is 7.18. The first-order valence-electron chi connectivity index (χ1n) is 5.69. The average Bonchev–Trinajstić information content (AvgIpc) is 2.58. The summed E-state index contributed by atoms with van der Waals surface area (Å²) < 4.78 is 28.3. The molecule has 1 rings (SSSR count). The van der Waals surface area contributed by atoms with E-state index < -0.39 is 15.6 Å². The third-order valence-electron chi connectivity index (χ3n) is 2.52. The maximum atomic E-state index is 12.1. The number of aliphatic hydroxyl groups is 1. The van der Waals surface area contributed by atoms with Crippen LogP contribution in [0.4, 0.5) is 5.82 Å². The van der Waals surface area contributed by atoms with Crippen LogP contribution in [0.5, 0.6) is 0 Å². The first-order chi connectivity index (χ1) is 8.22. The van der Waals surface area contributed by atoms with Gasteiger partial charge in [0.1, 0.15) is 4.90 Å². The van der Waals surface area contributed by atoms with E-state index in [0.717, 1.165) is 0 Å². The number of hydrogen-bond donors (Lipinski definition) is 3. The Kier molecular flexibility index (Phi) is 4.36. The Hall–Kier alpha value is -1.12. The van der Waals surface area contributed by atoms with E-state index in [1.165, 1.54) is 10.9 Å². The largest absolute Gasteiger partial charge is 0.396 e. The van der Waals surface area contributed by atoms with Gasteiger partial charge in [-0.15, -0.1) is 0 Å². The fourth-order valence-corrected chi connectivity index (χ4v) is 3.05. The quantitative estimate of drug-likeness (QED) is 0.673. The first kappa shape index (κ1) is 14.9. The minimum atomic E-state index is -3.73. The second-order valence-corrected chi connectivity index (χ2v) is 6.35. The van der Waals surface area contributed by atoms with Crippen molar-refractivity contribution in [2.45, 2.75) is 44.2 Å². The van der Waals surface area contributed by atoms with Gasteiger partial charge in [-0.25, -0.2) is 13.1 Å². The van der Waals surface area contributed by atoms with Gasteiger partial charge >= 0.3 is 0 Å².